The molecule has 6 heteroatoms. The minimum Gasteiger partial charge on any atom is -0.477 e. The average molecular weight is 299 g/mol. The fraction of sp³-hybridized carbons (Fsp3) is 0.312. The summed E-state index contributed by atoms with van der Waals surface area (Å²) in [6, 6.07) is 9.57. The summed E-state index contributed by atoms with van der Waals surface area (Å²) in [5.74, 6) is -0.671. The smallest absolute Gasteiger partial charge is 0.354 e. The van der Waals surface area contributed by atoms with Crippen LogP contribution < -0.4 is 4.90 Å². The molecule has 1 N–H and O–H groups in total. The molecule has 114 valence electrons. The van der Waals surface area contributed by atoms with Crippen LogP contribution in [0.3, 0.4) is 0 Å². The molecule has 1 heterocycles. The van der Waals surface area contributed by atoms with E-state index in [1.54, 1.807) is 7.11 Å². The van der Waals surface area contributed by atoms with Crippen molar-refractivity contribution in [2.24, 2.45) is 0 Å². The number of carboxylic acids is 1. The van der Waals surface area contributed by atoms with Gasteiger partial charge in [-0.3, -0.25) is 0 Å². The number of benzene rings is 1. The van der Waals surface area contributed by atoms with Crippen molar-refractivity contribution in [3.8, 4) is 0 Å². The maximum atomic E-state index is 11.1. The molecule has 2 aromatic rings. The SMILES string of the molecule is CO[C@H]1c2ccccc2C[C@H]1N(C)c1nccc(C(=O)O)n1. The number of carboxylic acid groups (broad SMARTS) is 1. The summed E-state index contributed by atoms with van der Waals surface area (Å²) in [4.78, 5) is 21.3. The van der Waals surface area contributed by atoms with Crippen LogP contribution in [0.5, 0.6) is 0 Å². The number of aromatic nitrogens is 2. The predicted molar refractivity (Wildman–Crippen MR) is 81.1 cm³/mol. The second-order valence-corrected chi connectivity index (χ2v) is 5.28. The van der Waals surface area contributed by atoms with E-state index in [-0.39, 0.29) is 17.8 Å². The van der Waals surface area contributed by atoms with Gasteiger partial charge in [-0.2, -0.15) is 0 Å². The Morgan fingerprint density at radius 1 is 1.36 bits per heavy atom. The molecule has 1 aromatic heterocycles. The number of likely N-dealkylation sites (N-methyl/N-ethyl adjacent to an activating group) is 1. The first-order chi connectivity index (χ1) is 10.6. The lowest BCUT2D eigenvalue weighted by Crippen LogP contribution is -2.37. The second-order valence-electron chi connectivity index (χ2n) is 5.28. The highest BCUT2D eigenvalue weighted by Crippen LogP contribution is 2.37. The van der Waals surface area contributed by atoms with E-state index in [0.29, 0.717) is 5.95 Å². The Morgan fingerprint density at radius 3 is 2.86 bits per heavy atom. The number of carbonyl (C=O) groups is 1. The van der Waals surface area contributed by atoms with Gasteiger partial charge in [-0.1, -0.05) is 24.3 Å². The van der Waals surface area contributed by atoms with E-state index < -0.39 is 5.97 Å². The van der Waals surface area contributed by atoms with Crippen molar-refractivity contribution < 1.29 is 14.6 Å². The molecular weight excluding hydrogens is 282 g/mol. The van der Waals surface area contributed by atoms with E-state index in [1.807, 2.05) is 24.1 Å². The summed E-state index contributed by atoms with van der Waals surface area (Å²) in [6.07, 6.45) is 2.19. The minimum atomic E-state index is -1.06. The Balaban J connectivity index is 1.91. The third kappa shape index (κ3) is 2.42. The van der Waals surface area contributed by atoms with E-state index in [0.717, 1.165) is 12.0 Å². The van der Waals surface area contributed by atoms with Gasteiger partial charge in [-0.15, -0.1) is 0 Å². The van der Waals surface area contributed by atoms with Crippen molar-refractivity contribution in [3.05, 3.63) is 53.3 Å². The fourth-order valence-electron chi connectivity index (χ4n) is 2.95. The van der Waals surface area contributed by atoms with Crippen LogP contribution in [0.1, 0.15) is 27.7 Å². The van der Waals surface area contributed by atoms with Gasteiger partial charge in [0.25, 0.3) is 0 Å². The van der Waals surface area contributed by atoms with E-state index >= 15 is 0 Å². The van der Waals surface area contributed by atoms with E-state index in [2.05, 4.69) is 22.1 Å². The van der Waals surface area contributed by atoms with Crippen LogP contribution in [0.25, 0.3) is 0 Å². The molecule has 0 radical (unpaired) electrons. The Bertz CT molecular complexity index is 705. The Kier molecular flexibility index (Phi) is 3.77. The molecule has 22 heavy (non-hydrogen) atoms. The van der Waals surface area contributed by atoms with Gasteiger partial charge < -0.3 is 14.7 Å². The second kappa shape index (κ2) is 5.73. The molecule has 0 amide bonds. The lowest BCUT2D eigenvalue weighted by atomic mass is 10.1. The summed E-state index contributed by atoms with van der Waals surface area (Å²) in [6.45, 7) is 0. The van der Waals surface area contributed by atoms with Crippen LogP contribution in [0, 0.1) is 0 Å². The fourth-order valence-corrected chi connectivity index (χ4v) is 2.95. The number of rotatable bonds is 4. The zero-order valence-electron chi connectivity index (χ0n) is 12.4. The summed E-state index contributed by atoms with van der Waals surface area (Å²) in [7, 11) is 3.55. The predicted octanol–water partition coefficient (Wildman–Crippen LogP) is 1.92. The van der Waals surface area contributed by atoms with Crippen molar-refractivity contribution in [2.45, 2.75) is 18.6 Å². The first kappa shape index (κ1) is 14.5. The molecule has 0 unspecified atom stereocenters. The summed E-state index contributed by atoms with van der Waals surface area (Å²) in [5.41, 5.74) is 2.39. The molecule has 0 bridgehead atoms. The minimum absolute atomic E-state index is 0.0127. The van der Waals surface area contributed by atoms with Crippen LogP contribution in [0.15, 0.2) is 36.5 Å². The van der Waals surface area contributed by atoms with Gasteiger partial charge in [0.05, 0.1) is 6.04 Å². The molecule has 0 saturated carbocycles. The van der Waals surface area contributed by atoms with Crippen molar-refractivity contribution in [3.63, 3.8) is 0 Å². The maximum Gasteiger partial charge on any atom is 0.354 e. The monoisotopic (exact) mass is 299 g/mol. The largest absolute Gasteiger partial charge is 0.477 e. The molecule has 0 saturated heterocycles. The summed E-state index contributed by atoms with van der Waals surface area (Å²) < 4.78 is 5.66. The van der Waals surface area contributed by atoms with Gasteiger partial charge in [-0.05, 0) is 23.6 Å². The number of fused-ring (bicyclic) bond motifs is 1. The number of hydrogen-bond acceptors (Lipinski definition) is 5. The lowest BCUT2D eigenvalue weighted by Gasteiger charge is -2.29. The number of hydrogen-bond donors (Lipinski definition) is 1. The quantitative estimate of drug-likeness (QED) is 0.929. The third-order valence-corrected chi connectivity index (χ3v) is 4.07. The molecule has 1 aliphatic carbocycles. The molecule has 3 rings (SSSR count). The highest BCUT2D eigenvalue weighted by molar-refractivity contribution is 5.85. The maximum absolute atomic E-state index is 11.1. The van der Waals surface area contributed by atoms with E-state index in [9.17, 15) is 4.79 Å². The Labute approximate surface area is 128 Å². The Morgan fingerprint density at radius 2 is 2.14 bits per heavy atom. The molecule has 6 nitrogen and oxygen atoms in total. The van der Waals surface area contributed by atoms with Gasteiger partial charge in [-0.25, -0.2) is 14.8 Å². The standard InChI is InChI=1S/C16H17N3O3/c1-19(16-17-8-7-12(18-16)15(20)21)13-9-10-5-3-4-6-11(10)14(13)22-2/h3-8,13-14H,9H2,1-2H3,(H,20,21)/t13-,14+/m1/s1. The lowest BCUT2D eigenvalue weighted by molar-refractivity contribution is 0.0690. The summed E-state index contributed by atoms with van der Waals surface area (Å²) in [5, 5.41) is 9.06. The number of nitrogens with zero attached hydrogens (tertiary/aromatic N) is 3. The average Bonchev–Trinajstić information content (AvgIpc) is 2.92. The molecule has 1 aromatic carbocycles. The highest BCUT2D eigenvalue weighted by Gasteiger charge is 2.36. The molecule has 0 fully saturated rings. The first-order valence-electron chi connectivity index (χ1n) is 7.01. The summed E-state index contributed by atoms with van der Waals surface area (Å²) >= 11 is 0. The molecule has 1 aliphatic rings. The zero-order valence-corrected chi connectivity index (χ0v) is 12.4. The highest BCUT2D eigenvalue weighted by atomic mass is 16.5. The first-order valence-corrected chi connectivity index (χ1v) is 7.01. The van der Waals surface area contributed by atoms with E-state index in [1.165, 1.54) is 17.8 Å². The van der Waals surface area contributed by atoms with Crippen LogP contribution in [-0.4, -0.2) is 41.2 Å². The van der Waals surface area contributed by atoms with Crippen molar-refractivity contribution >= 4 is 11.9 Å². The number of anilines is 1. The van der Waals surface area contributed by atoms with E-state index in [4.69, 9.17) is 9.84 Å². The normalized spacial score (nSPS) is 19.7. The molecule has 0 spiro atoms. The topological polar surface area (TPSA) is 75.5 Å². The Hall–Kier alpha value is -2.47. The van der Waals surface area contributed by atoms with Gasteiger partial charge in [0.2, 0.25) is 5.95 Å². The van der Waals surface area contributed by atoms with Crippen LogP contribution in [-0.2, 0) is 11.2 Å². The van der Waals surface area contributed by atoms with Crippen LogP contribution >= 0.6 is 0 Å². The molecule has 2 atom stereocenters. The number of aromatic carboxylic acids is 1. The molecule has 0 aliphatic heterocycles. The van der Waals surface area contributed by atoms with Crippen molar-refractivity contribution in [2.75, 3.05) is 19.1 Å². The van der Waals surface area contributed by atoms with Crippen LogP contribution in [0.4, 0.5) is 5.95 Å². The third-order valence-electron chi connectivity index (χ3n) is 4.07. The van der Waals surface area contributed by atoms with Crippen molar-refractivity contribution in [1.82, 2.24) is 9.97 Å². The number of methoxy groups -OCH3 is 1. The zero-order chi connectivity index (χ0) is 15.7. The number of ether oxygens (including phenoxy) is 1. The van der Waals surface area contributed by atoms with Crippen molar-refractivity contribution in [1.29, 1.82) is 0 Å². The van der Waals surface area contributed by atoms with Gasteiger partial charge in [0.1, 0.15) is 6.10 Å². The van der Waals surface area contributed by atoms with Gasteiger partial charge in [0.15, 0.2) is 5.69 Å². The van der Waals surface area contributed by atoms with Gasteiger partial charge in [0, 0.05) is 20.4 Å². The molecular formula is C16H17N3O3. The van der Waals surface area contributed by atoms with Crippen LogP contribution in [0.2, 0.25) is 0 Å². The van der Waals surface area contributed by atoms with Gasteiger partial charge >= 0.3 is 5.97 Å².